The summed E-state index contributed by atoms with van der Waals surface area (Å²) in [5.41, 5.74) is 12.0. The second-order valence-electron chi connectivity index (χ2n) is 8.50. The maximum atomic E-state index is 14.0. The van der Waals surface area contributed by atoms with E-state index >= 15 is 0 Å². The van der Waals surface area contributed by atoms with Crippen LogP contribution in [0.15, 0.2) is 48.5 Å². The van der Waals surface area contributed by atoms with Gasteiger partial charge in [-0.15, -0.1) is 0 Å². The lowest BCUT2D eigenvalue weighted by Crippen LogP contribution is -2.46. The molecule has 10 nitrogen and oxygen atoms in total. The van der Waals surface area contributed by atoms with Gasteiger partial charge in [0.1, 0.15) is 22.4 Å². The Balaban J connectivity index is 1.84. The fourth-order valence-electron chi connectivity index (χ4n) is 4.29. The number of aromatic hydroxyl groups is 1. The number of phenolic OH excluding ortho intramolecular Hbond substituents is 1. The molecular formula is C25H27N5O5S. The summed E-state index contributed by atoms with van der Waals surface area (Å²) >= 11 is 0.739. The number of amides is 3. The number of carbonyl (C=O) groups excluding carboxylic acids is 3. The minimum Gasteiger partial charge on any atom is -0.508 e. The van der Waals surface area contributed by atoms with Crippen LogP contribution >= 0.6 is 11.5 Å². The van der Waals surface area contributed by atoms with Crippen molar-refractivity contribution in [1.29, 1.82) is 0 Å². The molecule has 0 aliphatic heterocycles. The normalized spacial score (nSPS) is 14.2. The second kappa shape index (κ2) is 10.6. The summed E-state index contributed by atoms with van der Waals surface area (Å²) in [6.45, 7) is 0. The van der Waals surface area contributed by atoms with Crippen LogP contribution in [0.25, 0.3) is 0 Å². The maximum absolute atomic E-state index is 14.0. The first kappa shape index (κ1) is 25.0. The zero-order valence-corrected chi connectivity index (χ0v) is 20.5. The molecule has 36 heavy (non-hydrogen) atoms. The van der Waals surface area contributed by atoms with E-state index in [0.29, 0.717) is 17.0 Å². The molecule has 1 aromatic heterocycles. The molecule has 1 atom stereocenters. The molecule has 1 fully saturated rings. The number of hydrogen-bond acceptors (Lipinski definition) is 8. The third-order valence-corrected chi connectivity index (χ3v) is 6.99. The molecule has 1 heterocycles. The van der Waals surface area contributed by atoms with Crippen molar-refractivity contribution in [3.05, 3.63) is 64.7 Å². The number of phenols is 1. The molecule has 4 rings (SSSR count). The average Bonchev–Trinajstić information content (AvgIpc) is 3.52. The fraction of sp³-hybridized carbons (Fsp3) is 0.280. The number of carbonyl (C=O) groups is 3. The average molecular weight is 510 g/mol. The van der Waals surface area contributed by atoms with Gasteiger partial charge in [-0.1, -0.05) is 25.0 Å². The Hall–Kier alpha value is -4.12. The number of ether oxygens (including phenoxy) is 1. The van der Waals surface area contributed by atoms with Crippen molar-refractivity contribution in [2.45, 2.75) is 37.8 Å². The lowest BCUT2D eigenvalue weighted by Gasteiger charge is -2.32. The van der Waals surface area contributed by atoms with Gasteiger partial charge in [-0.2, -0.15) is 4.37 Å². The Bertz CT molecular complexity index is 1250. The van der Waals surface area contributed by atoms with E-state index in [0.717, 1.165) is 37.2 Å². The molecule has 0 bridgehead atoms. The molecule has 1 aliphatic rings. The van der Waals surface area contributed by atoms with Gasteiger partial charge in [0.05, 0.1) is 12.8 Å². The van der Waals surface area contributed by atoms with Gasteiger partial charge in [-0.3, -0.25) is 19.3 Å². The van der Waals surface area contributed by atoms with Crippen molar-refractivity contribution in [2.75, 3.05) is 17.7 Å². The van der Waals surface area contributed by atoms with Crippen LogP contribution in [0, 0.1) is 0 Å². The number of aromatic nitrogens is 1. The first-order valence-corrected chi connectivity index (χ1v) is 12.2. The van der Waals surface area contributed by atoms with Crippen molar-refractivity contribution in [3.63, 3.8) is 0 Å². The Labute approximate surface area is 212 Å². The largest absolute Gasteiger partial charge is 0.508 e. The molecule has 1 unspecified atom stereocenters. The molecule has 3 aromatic rings. The highest BCUT2D eigenvalue weighted by Crippen LogP contribution is 2.35. The molecule has 0 radical (unpaired) electrons. The summed E-state index contributed by atoms with van der Waals surface area (Å²) in [6, 6.07) is 11.6. The molecule has 1 aliphatic carbocycles. The highest BCUT2D eigenvalue weighted by atomic mass is 32.1. The van der Waals surface area contributed by atoms with Crippen LogP contribution in [0.5, 0.6) is 11.5 Å². The van der Waals surface area contributed by atoms with Gasteiger partial charge in [0.25, 0.3) is 11.8 Å². The molecule has 0 spiro atoms. The topological polar surface area (TPSA) is 161 Å². The van der Waals surface area contributed by atoms with E-state index in [9.17, 15) is 19.5 Å². The van der Waals surface area contributed by atoms with Crippen molar-refractivity contribution in [3.8, 4) is 11.5 Å². The zero-order valence-electron chi connectivity index (χ0n) is 19.6. The maximum Gasteiger partial charge on any atom is 0.273 e. The number of hydrogen-bond donors (Lipinski definition) is 4. The fourth-order valence-corrected chi connectivity index (χ4v) is 5.03. The summed E-state index contributed by atoms with van der Waals surface area (Å²) in [4.78, 5) is 40.7. The quantitative estimate of drug-likeness (QED) is 0.363. The minimum atomic E-state index is -1.11. The summed E-state index contributed by atoms with van der Waals surface area (Å²) < 4.78 is 9.20. The van der Waals surface area contributed by atoms with Crippen LogP contribution in [0.4, 0.5) is 11.4 Å². The highest BCUT2D eigenvalue weighted by Gasteiger charge is 2.37. The van der Waals surface area contributed by atoms with Crippen LogP contribution in [0.1, 0.15) is 57.4 Å². The molecule has 11 heteroatoms. The van der Waals surface area contributed by atoms with Gasteiger partial charge < -0.3 is 26.6 Å². The van der Waals surface area contributed by atoms with E-state index in [1.807, 2.05) is 0 Å². The second-order valence-corrected chi connectivity index (χ2v) is 9.27. The number of rotatable bonds is 8. The Kier molecular flexibility index (Phi) is 7.39. The van der Waals surface area contributed by atoms with Crippen molar-refractivity contribution >= 4 is 40.6 Å². The molecule has 3 amide bonds. The number of primary amides is 1. The number of nitrogens with two attached hydrogens (primary N) is 2. The molecule has 2 aromatic carbocycles. The van der Waals surface area contributed by atoms with Crippen molar-refractivity contribution in [1.82, 2.24) is 9.69 Å². The smallest absolute Gasteiger partial charge is 0.273 e. The van der Waals surface area contributed by atoms with Crippen molar-refractivity contribution < 1.29 is 24.2 Å². The summed E-state index contributed by atoms with van der Waals surface area (Å²) in [5, 5.41) is 12.9. The lowest BCUT2D eigenvalue weighted by atomic mass is 10.0. The standard InChI is InChI=1S/C25H27N5O5S/c1-35-18-12-8-16(9-13-18)30(25(34)22-19(26)20(23(27)32)29-36-22)21(14-6-10-17(31)11-7-14)24(33)28-15-4-2-3-5-15/h6-13,15,21,31H,2-5,26H2,1H3,(H2,27,32)(H,28,33). The lowest BCUT2D eigenvalue weighted by molar-refractivity contribution is -0.123. The number of benzene rings is 2. The number of nitrogen functional groups attached to an aromatic ring is 1. The first-order valence-electron chi connectivity index (χ1n) is 11.4. The third kappa shape index (κ3) is 5.10. The number of nitrogens with zero attached hydrogens (tertiary/aromatic N) is 2. The number of anilines is 2. The highest BCUT2D eigenvalue weighted by molar-refractivity contribution is 7.09. The Morgan fingerprint density at radius 3 is 2.31 bits per heavy atom. The van der Waals surface area contributed by atoms with Gasteiger partial charge in [0.2, 0.25) is 5.91 Å². The van der Waals surface area contributed by atoms with E-state index in [2.05, 4.69) is 9.69 Å². The van der Waals surface area contributed by atoms with E-state index in [1.165, 1.54) is 24.1 Å². The third-order valence-electron chi connectivity index (χ3n) is 6.14. The van der Waals surface area contributed by atoms with Gasteiger partial charge in [-0.25, -0.2) is 0 Å². The number of nitrogens with one attached hydrogen (secondary N) is 1. The Morgan fingerprint density at radius 2 is 1.75 bits per heavy atom. The van der Waals surface area contributed by atoms with Crippen LogP contribution in [0.2, 0.25) is 0 Å². The predicted molar refractivity (Wildman–Crippen MR) is 136 cm³/mol. The van der Waals surface area contributed by atoms with Gasteiger partial charge in [-0.05, 0) is 66.3 Å². The summed E-state index contributed by atoms with van der Waals surface area (Å²) in [5.74, 6) is -1.27. The van der Waals surface area contributed by atoms with Crippen LogP contribution in [-0.4, -0.2) is 40.4 Å². The van der Waals surface area contributed by atoms with E-state index < -0.39 is 17.9 Å². The van der Waals surface area contributed by atoms with Crippen LogP contribution in [-0.2, 0) is 4.79 Å². The Morgan fingerprint density at radius 1 is 1.11 bits per heavy atom. The van der Waals surface area contributed by atoms with Gasteiger partial charge in [0.15, 0.2) is 5.69 Å². The molecular weight excluding hydrogens is 482 g/mol. The van der Waals surface area contributed by atoms with Gasteiger partial charge >= 0.3 is 0 Å². The number of methoxy groups -OCH3 is 1. The summed E-state index contributed by atoms with van der Waals surface area (Å²) in [6.07, 6.45) is 3.75. The minimum absolute atomic E-state index is 0.000118. The van der Waals surface area contributed by atoms with Crippen molar-refractivity contribution in [2.24, 2.45) is 5.73 Å². The summed E-state index contributed by atoms with van der Waals surface area (Å²) in [7, 11) is 1.52. The SMILES string of the molecule is COc1ccc(N(C(=O)c2snc(C(N)=O)c2N)C(C(=O)NC2CCCC2)c2ccc(O)cc2)cc1. The molecule has 0 saturated heterocycles. The molecule has 188 valence electrons. The van der Waals surface area contributed by atoms with E-state index in [4.69, 9.17) is 16.2 Å². The van der Waals surface area contributed by atoms with E-state index in [-0.39, 0.29) is 34.0 Å². The van der Waals surface area contributed by atoms with Crippen LogP contribution < -0.4 is 26.4 Å². The predicted octanol–water partition coefficient (Wildman–Crippen LogP) is 2.99. The zero-order chi connectivity index (χ0) is 25.8. The first-order chi connectivity index (χ1) is 17.3. The monoisotopic (exact) mass is 509 g/mol. The molecule has 6 N–H and O–H groups in total. The van der Waals surface area contributed by atoms with E-state index in [1.54, 1.807) is 36.4 Å². The molecule has 1 saturated carbocycles. The van der Waals surface area contributed by atoms with Crippen LogP contribution in [0.3, 0.4) is 0 Å². The van der Waals surface area contributed by atoms with Gasteiger partial charge in [0, 0.05) is 11.7 Å².